The van der Waals surface area contributed by atoms with Gasteiger partial charge >= 0.3 is 11.9 Å². The Bertz CT molecular complexity index is 1210. The molecule has 0 heterocycles. The number of Topliss-reactive ketones (excluding diaryl/α,β-unsaturated/α-hetero) is 1. The van der Waals surface area contributed by atoms with E-state index in [1.807, 2.05) is 45.9 Å². The van der Waals surface area contributed by atoms with Crippen molar-refractivity contribution in [3.05, 3.63) is 59.2 Å². The summed E-state index contributed by atoms with van der Waals surface area (Å²) in [4.78, 5) is 38.9. The Labute approximate surface area is 225 Å². The van der Waals surface area contributed by atoms with Crippen LogP contribution in [0.3, 0.4) is 0 Å². The highest BCUT2D eigenvalue weighted by molar-refractivity contribution is 6.00. The van der Waals surface area contributed by atoms with Crippen LogP contribution in [0.1, 0.15) is 71.2 Å². The van der Waals surface area contributed by atoms with Gasteiger partial charge in [0.1, 0.15) is 12.2 Å². The van der Waals surface area contributed by atoms with Crippen molar-refractivity contribution in [2.24, 2.45) is 40.9 Å². The zero-order chi connectivity index (χ0) is 27.6. The van der Waals surface area contributed by atoms with Crippen LogP contribution in [0.25, 0.3) is 0 Å². The maximum Gasteiger partial charge on any atom is 0.338 e. The molecule has 2 saturated carbocycles. The largest absolute Gasteiger partial charge is 0.458 e. The first-order valence-electron chi connectivity index (χ1n) is 13.9. The van der Waals surface area contributed by atoms with Crippen LogP contribution in [0, 0.1) is 40.9 Å². The molecule has 7 unspecified atom stereocenters. The fourth-order valence-electron chi connectivity index (χ4n) is 7.92. The Morgan fingerprint density at radius 2 is 1.79 bits per heavy atom. The first kappa shape index (κ1) is 26.9. The van der Waals surface area contributed by atoms with E-state index < -0.39 is 23.1 Å². The van der Waals surface area contributed by atoms with Crippen molar-refractivity contribution in [2.45, 2.75) is 72.0 Å². The zero-order valence-electron chi connectivity index (χ0n) is 23.3. The van der Waals surface area contributed by atoms with E-state index >= 15 is 0 Å². The number of carbonyl (C=O) groups excluding carboxylic acids is 3. The summed E-state index contributed by atoms with van der Waals surface area (Å²) in [6.45, 7) is 12.1. The number of ether oxygens (including phenoxy) is 2. The lowest BCUT2D eigenvalue weighted by Crippen LogP contribution is -2.56. The molecule has 1 N–H and O–H groups in total. The smallest absolute Gasteiger partial charge is 0.338 e. The van der Waals surface area contributed by atoms with Gasteiger partial charge in [-0.25, -0.2) is 4.79 Å². The summed E-state index contributed by atoms with van der Waals surface area (Å²) in [6, 6.07) is 8.84. The third kappa shape index (κ3) is 3.98. The number of aliphatic hydroxyl groups is 1. The number of benzene rings is 1. The van der Waals surface area contributed by atoms with Crippen molar-refractivity contribution in [1.82, 2.24) is 0 Å². The van der Waals surface area contributed by atoms with E-state index in [1.54, 1.807) is 24.3 Å². The van der Waals surface area contributed by atoms with Gasteiger partial charge in [0, 0.05) is 35.5 Å². The molecule has 4 aliphatic rings. The Morgan fingerprint density at radius 1 is 1.11 bits per heavy atom. The quantitative estimate of drug-likeness (QED) is 0.404. The second-order valence-corrected chi connectivity index (χ2v) is 13.0. The molecule has 7 atom stereocenters. The number of fused-ring (bicyclic) bond motifs is 5. The molecule has 1 aromatic rings. The van der Waals surface area contributed by atoms with Crippen molar-refractivity contribution in [3.63, 3.8) is 0 Å². The Kier molecular flexibility index (Phi) is 6.49. The summed E-state index contributed by atoms with van der Waals surface area (Å²) in [5.41, 5.74) is -0.199. The normalized spacial score (nSPS) is 36.7. The van der Waals surface area contributed by atoms with E-state index in [1.165, 1.54) is 0 Å². The number of allylic oxidation sites excluding steroid dienone is 1. The molecule has 0 radical (unpaired) electrons. The monoisotopic (exact) mass is 520 g/mol. The van der Waals surface area contributed by atoms with Gasteiger partial charge in [-0.3, -0.25) is 9.59 Å². The van der Waals surface area contributed by atoms with Gasteiger partial charge in [-0.05, 0) is 54.9 Å². The highest BCUT2D eigenvalue weighted by atomic mass is 16.6. The van der Waals surface area contributed by atoms with Crippen molar-refractivity contribution in [2.75, 3.05) is 6.61 Å². The highest BCUT2D eigenvalue weighted by Crippen LogP contribution is 2.76. The molecule has 0 amide bonds. The van der Waals surface area contributed by atoms with Crippen molar-refractivity contribution >= 4 is 17.7 Å². The van der Waals surface area contributed by atoms with Gasteiger partial charge in [-0.1, -0.05) is 65.0 Å². The molecule has 0 aromatic heterocycles. The van der Waals surface area contributed by atoms with Crippen molar-refractivity contribution < 1.29 is 29.0 Å². The molecule has 0 aliphatic heterocycles. The van der Waals surface area contributed by atoms with E-state index in [0.717, 1.165) is 5.57 Å². The van der Waals surface area contributed by atoms with Crippen LogP contribution in [-0.4, -0.2) is 40.6 Å². The van der Waals surface area contributed by atoms with Crippen LogP contribution in [0.15, 0.2) is 53.6 Å². The Balaban J connectivity index is 1.51. The molecule has 5 rings (SSSR count). The Hall–Kier alpha value is -2.73. The minimum atomic E-state index is -1.17. The standard InChI is InChI=1S/C32H40O6/c1-18(2)12-26(33)38-31-16-20(4)32(36)24-13-19(3)27(34)23(24)14-21(15-25(32)28(31)30(31,5)6)17-37-29(35)22-10-8-7-9-11-22/h7-11,13,15,18,20,23-25,28,36H,12,14,16-17H2,1-6H3. The number of esters is 2. The summed E-state index contributed by atoms with van der Waals surface area (Å²) in [7, 11) is 0. The number of rotatable bonds is 6. The predicted octanol–water partition coefficient (Wildman–Crippen LogP) is 5.31. The van der Waals surface area contributed by atoms with Crippen molar-refractivity contribution in [3.8, 4) is 0 Å². The van der Waals surface area contributed by atoms with E-state index in [4.69, 9.17) is 9.47 Å². The molecular weight excluding hydrogens is 480 g/mol. The fourth-order valence-corrected chi connectivity index (χ4v) is 7.92. The molecular formula is C32H40O6. The summed E-state index contributed by atoms with van der Waals surface area (Å²) >= 11 is 0. The molecule has 1 aromatic carbocycles. The van der Waals surface area contributed by atoms with Crippen molar-refractivity contribution in [1.29, 1.82) is 0 Å². The van der Waals surface area contributed by atoms with Crippen LogP contribution in [0.4, 0.5) is 0 Å². The molecule has 38 heavy (non-hydrogen) atoms. The van der Waals surface area contributed by atoms with Crippen LogP contribution in [-0.2, 0) is 19.1 Å². The first-order valence-corrected chi connectivity index (χ1v) is 13.9. The molecule has 0 spiro atoms. The van der Waals surface area contributed by atoms with Gasteiger partial charge in [0.2, 0.25) is 0 Å². The van der Waals surface area contributed by atoms with Gasteiger partial charge in [0.25, 0.3) is 0 Å². The van der Waals surface area contributed by atoms with E-state index in [-0.39, 0.29) is 53.4 Å². The summed E-state index contributed by atoms with van der Waals surface area (Å²) < 4.78 is 12.0. The predicted molar refractivity (Wildman–Crippen MR) is 143 cm³/mol. The first-order chi connectivity index (χ1) is 17.8. The Morgan fingerprint density at radius 3 is 2.45 bits per heavy atom. The zero-order valence-corrected chi connectivity index (χ0v) is 23.3. The van der Waals surface area contributed by atoms with Gasteiger partial charge in [0.05, 0.1) is 11.2 Å². The average molecular weight is 521 g/mol. The molecule has 6 nitrogen and oxygen atoms in total. The molecule has 4 aliphatic carbocycles. The number of hydrogen-bond donors (Lipinski definition) is 1. The summed E-state index contributed by atoms with van der Waals surface area (Å²) in [5.74, 6) is -1.77. The third-order valence-electron chi connectivity index (χ3n) is 9.87. The summed E-state index contributed by atoms with van der Waals surface area (Å²) in [5, 5.41) is 12.6. The second-order valence-electron chi connectivity index (χ2n) is 13.0. The van der Waals surface area contributed by atoms with Gasteiger partial charge in [0.15, 0.2) is 5.78 Å². The van der Waals surface area contributed by atoms with Crippen LogP contribution in [0.2, 0.25) is 0 Å². The molecule has 2 fully saturated rings. The second kappa shape index (κ2) is 9.18. The fraction of sp³-hybridized carbons (Fsp3) is 0.594. The van der Waals surface area contributed by atoms with Crippen LogP contribution >= 0.6 is 0 Å². The highest BCUT2D eigenvalue weighted by Gasteiger charge is 2.82. The minimum Gasteiger partial charge on any atom is -0.458 e. The SMILES string of the molecule is CC1=CC2C(CC(COC(=O)c3ccccc3)=CC3C4C(C)(C)C4(OC(=O)CC(C)C)CC(C)C23O)C1=O. The lowest BCUT2D eigenvalue weighted by Gasteiger charge is -2.49. The average Bonchev–Trinajstić information content (AvgIpc) is 3.22. The number of hydrogen-bond acceptors (Lipinski definition) is 6. The number of carbonyl (C=O) groups is 3. The van der Waals surface area contributed by atoms with Crippen LogP contribution < -0.4 is 0 Å². The third-order valence-corrected chi connectivity index (χ3v) is 9.87. The van der Waals surface area contributed by atoms with Crippen LogP contribution in [0.5, 0.6) is 0 Å². The lowest BCUT2D eigenvalue weighted by molar-refractivity contribution is -0.173. The lowest BCUT2D eigenvalue weighted by atomic mass is 9.61. The minimum absolute atomic E-state index is 0.0480. The van der Waals surface area contributed by atoms with Gasteiger partial charge in [-0.15, -0.1) is 0 Å². The molecule has 0 bridgehead atoms. The number of ketones is 1. The maximum absolute atomic E-state index is 13.3. The van der Waals surface area contributed by atoms with E-state index in [0.29, 0.717) is 30.4 Å². The van der Waals surface area contributed by atoms with E-state index in [9.17, 15) is 19.5 Å². The maximum atomic E-state index is 13.3. The van der Waals surface area contributed by atoms with Gasteiger partial charge in [-0.2, -0.15) is 0 Å². The summed E-state index contributed by atoms with van der Waals surface area (Å²) in [6.07, 6.45) is 5.34. The molecule has 204 valence electrons. The van der Waals surface area contributed by atoms with Gasteiger partial charge < -0.3 is 14.6 Å². The molecule has 6 heteroatoms. The van der Waals surface area contributed by atoms with E-state index in [2.05, 4.69) is 13.8 Å². The molecule has 0 saturated heterocycles. The topological polar surface area (TPSA) is 89.9 Å².